The van der Waals surface area contributed by atoms with E-state index in [0.29, 0.717) is 34.5 Å². The Labute approximate surface area is 204 Å². The van der Waals surface area contributed by atoms with Crippen LogP contribution in [0.3, 0.4) is 0 Å². The number of pyridine rings is 1. The van der Waals surface area contributed by atoms with Crippen molar-refractivity contribution in [2.45, 2.75) is 70.9 Å². The molecule has 1 atom stereocenters. The maximum absolute atomic E-state index is 13.7. The zero-order valence-corrected chi connectivity index (χ0v) is 20.9. The molecule has 180 valence electrons. The summed E-state index contributed by atoms with van der Waals surface area (Å²) in [6, 6.07) is 7.19. The Kier molecular flexibility index (Phi) is 6.02. The number of aromatic nitrogens is 3. The first-order chi connectivity index (χ1) is 16.2. The molecule has 0 bridgehead atoms. The number of hydrogen-bond donors (Lipinski definition) is 1. The maximum atomic E-state index is 13.7. The molecule has 2 aliphatic rings. The van der Waals surface area contributed by atoms with E-state index in [9.17, 15) is 4.79 Å². The lowest BCUT2D eigenvalue weighted by atomic mass is 10.1. The van der Waals surface area contributed by atoms with Crippen LogP contribution in [0.1, 0.15) is 74.1 Å². The van der Waals surface area contributed by atoms with Crippen LogP contribution in [0, 0.1) is 6.92 Å². The van der Waals surface area contributed by atoms with E-state index in [0.717, 1.165) is 54.7 Å². The van der Waals surface area contributed by atoms with Crippen molar-refractivity contribution in [3.8, 4) is 5.75 Å². The lowest BCUT2D eigenvalue weighted by Crippen LogP contribution is -2.24. The third-order valence-electron chi connectivity index (χ3n) is 6.35. The lowest BCUT2D eigenvalue weighted by Gasteiger charge is -2.20. The van der Waals surface area contributed by atoms with Gasteiger partial charge in [-0.2, -0.15) is 5.10 Å². The molecule has 1 N–H and O–H groups in total. The standard InChI is InChI=1S/C26H31ClN4O3/c1-15-23-19(13-20(16-7-8-16)28-24(23)31(30-15)26(2,3)4)25(32)29-21-12-17(27)9-10-22(21)34-14-18-6-5-11-33-18/h9-10,12-13,16,18H,5-8,11,14H2,1-4H3,(H,29,32). The molecule has 1 saturated carbocycles. The summed E-state index contributed by atoms with van der Waals surface area (Å²) in [5, 5.41) is 9.10. The highest BCUT2D eigenvalue weighted by atomic mass is 35.5. The zero-order chi connectivity index (χ0) is 24.0. The molecule has 1 saturated heterocycles. The molecule has 0 spiro atoms. The van der Waals surface area contributed by atoms with Gasteiger partial charge in [0, 0.05) is 23.2 Å². The summed E-state index contributed by atoms with van der Waals surface area (Å²) in [7, 11) is 0. The highest BCUT2D eigenvalue weighted by Gasteiger charge is 2.30. The number of anilines is 1. The van der Waals surface area contributed by atoms with Crippen molar-refractivity contribution in [1.82, 2.24) is 14.8 Å². The molecular formula is C26H31ClN4O3. The summed E-state index contributed by atoms with van der Waals surface area (Å²) in [5.74, 6) is 0.745. The van der Waals surface area contributed by atoms with Crippen LogP contribution in [-0.4, -0.2) is 40.0 Å². The van der Waals surface area contributed by atoms with Crippen LogP contribution in [-0.2, 0) is 10.3 Å². The van der Waals surface area contributed by atoms with Crippen molar-refractivity contribution < 1.29 is 14.3 Å². The van der Waals surface area contributed by atoms with Gasteiger partial charge in [-0.3, -0.25) is 4.79 Å². The van der Waals surface area contributed by atoms with Crippen LogP contribution in [0.25, 0.3) is 11.0 Å². The van der Waals surface area contributed by atoms with Gasteiger partial charge in [0.2, 0.25) is 0 Å². The topological polar surface area (TPSA) is 78.3 Å². The summed E-state index contributed by atoms with van der Waals surface area (Å²) in [6.45, 7) is 9.40. The van der Waals surface area contributed by atoms with E-state index in [1.807, 2.05) is 17.7 Å². The number of nitrogens with zero attached hydrogens (tertiary/aromatic N) is 3. The number of benzene rings is 1. The zero-order valence-electron chi connectivity index (χ0n) is 20.2. The number of aryl methyl sites for hydroxylation is 1. The number of hydrogen-bond acceptors (Lipinski definition) is 5. The van der Waals surface area contributed by atoms with Gasteiger partial charge in [-0.25, -0.2) is 9.67 Å². The minimum Gasteiger partial charge on any atom is -0.489 e. The Bertz CT molecular complexity index is 1240. The van der Waals surface area contributed by atoms with Gasteiger partial charge >= 0.3 is 0 Å². The van der Waals surface area contributed by atoms with Crippen molar-refractivity contribution in [3.05, 3.63) is 46.2 Å². The van der Waals surface area contributed by atoms with Crippen LogP contribution in [0.15, 0.2) is 24.3 Å². The molecule has 34 heavy (non-hydrogen) atoms. The summed E-state index contributed by atoms with van der Waals surface area (Å²) < 4.78 is 13.6. The number of rotatable bonds is 6. The Hall–Kier alpha value is -2.64. The fourth-order valence-electron chi connectivity index (χ4n) is 4.42. The Morgan fingerprint density at radius 1 is 1.26 bits per heavy atom. The number of halogens is 1. The highest BCUT2D eigenvalue weighted by molar-refractivity contribution is 6.31. The highest BCUT2D eigenvalue weighted by Crippen LogP contribution is 2.41. The monoisotopic (exact) mass is 482 g/mol. The molecule has 2 aromatic heterocycles. The van der Waals surface area contributed by atoms with Gasteiger partial charge in [-0.1, -0.05) is 11.6 Å². The molecule has 7 nitrogen and oxygen atoms in total. The number of fused-ring (bicyclic) bond motifs is 1. The molecule has 8 heteroatoms. The third kappa shape index (κ3) is 4.64. The molecular weight excluding hydrogens is 452 g/mol. The van der Waals surface area contributed by atoms with Gasteiger partial charge in [-0.15, -0.1) is 0 Å². The normalized spacial score (nSPS) is 18.4. The largest absolute Gasteiger partial charge is 0.489 e. The quantitative estimate of drug-likeness (QED) is 0.477. The van der Waals surface area contributed by atoms with Gasteiger partial charge in [0.15, 0.2) is 5.65 Å². The van der Waals surface area contributed by atoms with Crippen molar-refractivity contribution in [3.63, 3.8) is 0 Å². The van der Waals surface area contributed by atoms with E-state index in [-0.39, 0.29) is 17.6 Å². The van der Waals surface area contributed by atoms with Crippen molar-refractivity contribution in [1.29, 1.82) is 0 Å². The molecule has 1 amide bonds. The maximum Gasteiger partial charge on any atom is 0.256 e. The van der Waals surface area contributed by atoms with Crippen molar-refractivity contribution in [2.75, 3.05) is 18.5 Å². The summed E-state index contributed by atoms with van der Waals surface area (Å²) >= 11 is 6.27. The first-order valence-corrected chi connectivity index (χ1v) is 12.3. The van der Waals surface area contributed by atoms with Crippen LogP contribution in [0.4, 0.5) is 5.69 Å². The fourth-order valence-corrected chi connectivity index (χ4v) is 4.59. The van der Waals surface area contributed by atoms with E-state index in [4.69, 9.17) is 31.2 Å². The van der Waals surface area contributed by atoms with Gasteiger partial charge in [0.25, 0.3) is 5.91 Å². The van der Waals surface area contributed by atoms with Gasteiger partial charge < -0.3 is 14.8 Å². The first kappa shape index (κ1) is 23.1. The van der Waals surface area contributed by atoms with Gasteiger partial charge in [0.05, 0.1) is 34.0 Å². The SMILES string of the molecule is Cc1nn(C(C)(C)C)c2nc(C3CC3)cc(C(=O)Nc3cc(Cl)ccc3OCC3CCCO3)c12. The van der Waals surface area contributed by atoms with Crippen LogP contribution in [0.2, 0.25) is 5.02 Å². The predicted molar refractivity (Wildman–Crippen MR) is 133 cm³/mol. The van der Waals surface area contributed by atoms with Crippen molar-refractivity contribution in [2.24, 2.45) is 0 Å². The molecule has 1 aliphatic heterocycles. The Morgan fingerprint density at radius 2 is 2.06 bits per heavy atom. The molecule has 2 fully saturated rings. The predicted octanol–water partition coefficient (Wildman–Crippen LogP) is 5.84. The molecule has 5 rings (SSSR count). The smallest absolute Gasteiger partial charge is 0.256 e. The number of carbonyl (C=O) groups excluding carboxylic acids is 1. The van der Waals surface area contributed by atoms with E-state index in [1.165, 1.54) is 0 Å². The molecule has 3 heterocycles. The van der Waals surface area contributed by atoms with E-state index in [1.54, 1.807) is 18.2 Å². The summed E-state index contributed by atoms with van der Waals surface area (Å²) in [6.07, 6.45) is 4.29. The molecule has 1 aromatic carbocycles. The van der Waals surface area contributed by atoms with Crippen LogP contribution in [0.5, 0.6) is 5.75 Å². The second kappa shape index (κ2) is 8.86. The Balaban J connectivity index is 1.50. The van der Waals surface area contributed by atoms with E-state index >= 15 is 0 Å². The second-order valence-electron chi connectivity index (χ2n) is 10.3. The van der Waals surface area contributed by atoms with Crippen LogP contribution < -0.4 is 10.1 Å². The number of ether oxygens (including phenoxy) is 2. The van der Waals surface area contributed by atoms with Crippen molar-refractivity contribution >= 4 is 34.2 Å². The van der Waals surface area contributed by atoms with E-state index in [2.05, 4.69) is 26.1 Å². The number of amides is 1. The van der Waals surface area contributed by atoms with Crippen LogP contribution >= 0.6 is 11.6 Å². The van der Waals surface area contributed by atoms with E-state index < -0.39 is 0 Å². The first-order valence-electron chi connectivity index (χ1n) is 12.0. The average Bonchev–Trinajstić information content (AvgIpc) is 3.39. The summed E-state index contributed by atoms with van der Waals surface area (Å²) in [5.41, 5.74) is 3.33. The lowest BCUT2D eigenvalue weighted by molar-refractivity contribution is 0.0682. The molecule has 1 unspecified atom stereocenters. The third-order valence-corrected chi connectivity index (χ3v) is 6.58. The number of carbonyl (C=O) groups is 1. The molecule has 0 radical (unpaired) electrons. The molecule has 3 aromatic rings. The minimum absolute atomic E-state index is 0.0750. The average molecular weight is 483 g/mol. The van der Waals surface area contributed by atoms with Gasteiger partial charge in [-0.05, 0) is 77.6 Å². The Morgan fingerprint density at radius 3 is 2.74 bits per heavy atom. The molecule has 1 aliphatic carbocycles. The summed E-state index contributed by atoms with van der Waals surface area (Å²) in [4.78, 5) is 18.6. The number of nitrogens with one attached hydrogen (secondary N) is 1. The fraction of sp³-hybridized carbons (Fsp3) is 0.500. The second-order valence-corrected chi connectivity index (χ2v) is 10.7. The minimum atomic E-state index is -0.258. The van der Waals surface area contributed by atoms with Gasteiger partial charge in [0.1, 0.15) is 12.4 Å².